The van der Waals surface area contributed by atoms with Gasteiger partial charge in [-0.1, -0.05) is 0 Å². The topological polar surface area (TPSA) is 116 Å². The Balaban J connectivity index is 2.51. The predicted octanol–water partition coefficient (Wildman–Crippen LogP) is -0.0622. The van der Waals surface area contributed by atoms with Crippen LogP contribution in [0.4, 0.5) is 0 Å². The van der Waals surface area contributed by atoms with Crippen LogP contribution in [0.1, 0.15) is 5.56 Å². The first-order valence-corrected chi connectivity index (χ1v) is 6.73. The molecule has 0 radical (unpaired) electrons. The summed E-state index contributed by atoms with van der Waals surface area (Å²) in [6.07, 6.45) is 0. The van der Waals surface area contributed by atoms with Crippen LogP contribution in [-0.2, 0) is 19.6 Å². The molecular weight excluding hydrogens is 272 g/mol. The Hall–Kier alpha value is -1.95. The molecule has 8 heteroatoms. The molecule has 0 aromatic heterocycles. The molecule has 1 aromatic carbocycles. The minimum atomic E-state index is -3.67. The number of nitrogens with zero attached hydrogens (tertiary/aromatic N) is 1. The van der Waals surface area contributed by atoms with Gasteiger partial charge in [-0.2, -0.15) is 5.26 Å². The lowest BCUT2D eigenvalue weighted by atomic mass is 10.2. The first kappa shape index (κ1) is 15.1. The van der Waals surface area contributed by atoms with E-state index in [-0.39, 0.29) is 18.0 Å². The van der Waals surface area contributed by atoms with Gasteiger partial charge in [0.2, 0.25) is 10.0 Å². The van der Waals surface area contributed by atoms with E-state index in [0.717, 1.165) is 0 Å². The Bertz CT molecular complexity index is 574. The number of nitriles is 1. The maximum Gasteiger partial charge on any atom is 0.329 e. The third-order valence-electron chi connectivity index (χ3n) is 2.06. The van der Waals surface area contributed by atoms with Gasteiger partial charge in [0, 0.05) is 6.54 Å². The van der Waals surface area contributed by atoms with E-state index >= 15 is 0 Å². The van der Waals surface area contributed by atoms with Crippen molar-refractivity contribution in [2.45, 2.75) is 4.90 Å². The van der Waals surface area contributed by atoms with E-state index in [0.29, 0.717) is 5.56 Å². The fraction of sp³-hybridized carbons (Fsp3) is 0.273. The second-order valence-corrected chi connectivity index (χ2v) is 5.25. The van der Waals surface area contributed by atoms with E-state index in [9.17, 15) is 13.2 Å². The standard InChI is InChI=1S/C11H12N2O5S/c12-7-9-1-3-10(4-2-9)19(16,17)13-5-6-18-8-11(14)15/h1-4,13H,5-6,8H2,(H,14,15). The molecule has 0 saturated carbocycles. The first-order chi connectivity index (χ1) is 8.95. The third kappa shape index (κ3) is 5.05. The lowest BCUT2D eigenvalue weighted by Gasteiger charge is -2.06. The Morgan fingerprint density at radius 2 is 2.00 bits per heavy atom. The van der Waals surface area contributed by atoms with Gasteiger partial charge in [0.15, 0.2) is 0 Å². The van der Waals surface area contributed by atoms with Crippen molar-refractivity contribution < 1.29 is 23.1 Å². The molecule has 0 atom stereocenters. The maximum atomic E-state index is 11.8. The van der Waals surface area contributed by atoms with Gasteiger partial charge in [0.25, 0.3) is 0 Å². The van der Waals surface area contributed by atoms with Crippen LogP contribution >= 0.6 is 0 Å². The molecule has 2 N–H and O–H groups in total. The smallest absolute Gasteiger partial charge is 0.329 e. The number of carbonyl (C=O) groups is 1. The molecule has 0 amide bonds. The normalized spacial score (nSPS) is 10.9. The van der Waals surface area contributed by atoms with Gasteiger partial charge in [0.1, 0.15) is 6.61 Å². The van der Waals surface area contributed by atoms with Crippen LogP contribution in [0.15, 0.2) is 29.2 Å². The van der Waals surface area contributed by atoms with E-state index in [1.54, 1.807) is 0 Å². The summed E-state index contributed by atoms with van der Waals surface area (Å²) in [4.78, 5) is 10.2. The highest BCUT2D eigenvalue weighted by Gasteiger charge is 2.12. The van der Waals surface area contributed by atoms with Crippen LogP contribution in [0.3, 0.4) is 0 Å². The highest BCUT2D eigenvalue weighted by molar-refractivity contribution is 7.89. The SMILES string of the molecule is N#Cc1ccc(S(=O)(=O)NCCOCC(=O)O)cc1. The number of nitrogens with one attached hydrogen (secondary N) is 1. The van der Waals surface area contributed by atoms with Crippen LogP contribution in [-0.4, -0.2) is 39.3 Å². The number of sulfonamides is 1. The van der Waals surface area contributed by atoms with Crippen molar-refractivity contribution in [3.8, 4) is 6.07 Å². The molecule has 0 saturated heterocycles. The largest absolute Gasteiger partial charge is 0.480 e. The van der Waals surface area contributed by atoms with Crippen molar-refractivity contribution >= 4 is 16.0 Å². The van der Waals surface area contributed by atoms with E-state index < -0.39 is 22.6 Å². The molecule has 0 aliphatic rings. The maximum absolute atomic E-state index is 11.8. The van der Waals surface area contributed by atoms with Crippen molar-refractivity contribution in [1.82, 2.24) is 4.72 Å². The van der Waals surface area contributed by atoms with Gasteiger partial charge in [-0.05, 0) is 24.3 Å². The average Bonchev–Trinajstić information content (AvgIpc) is 2.38. The summed E-state index contributed by atoms with van der Waals surface area (Å²) in [6, 6.07) is 7.32. The summed E-state index contributed by atoms with van der Waals surface area (Å²) < 4.78 is 30.5. The van der Waals surface area contributed by atoms with Crippen LogP contribution in [0, 0.1) is 11.3 Å². The number of carboxylic acids is 1. The van der Waals surface area contributed by atoms with Gasteiger partial charge in [-0.25, -0.2) is 17.9 Å². The van der Waals surface area contributed by atoms with Gasteiger partial charge >= 0.3 is 5.97 Å². The third-order valence-corrected chi connectivity index (χ3v) is 3.53. The number of hydrogen-bond acceptors (Lipinski definition) is 5. The van der Waals surface area contributed by atoms with Gasteiger partial charge in [0.05, 0.1) is 23.1 Å². The molecule has 19 heavy (non-hydrogen) atoms. The number of ether oxygens (including phenoxy) is 1. The van der Waals surface area contributed by atoms with E-state index in [1.165, 1.54) is 24.3 Å². The Morgan fingerprint density at radius 3 is 2.53 bits per heavy atom. The summed E-state index contributed by atoms with van der Waals surface area (Å²) in [5.41, 5.74) is 0.365. The second kappa shape index (κ2) is 6.84. The van der Waals surface area contributed by atoms with Crippen LogP contribution < -0.4 is 4.72 Å². The molecule has 1 rings (SSSR count). The number of hydrogen-bond donors (Lipinski definition) is 2. The minimum Gasteiger partial charge on any atom is -0.480 e. The summed E-state index contributed by atoms with van der Waals surface area (Å²) in [7, 11) is -3.67. The van der Waals surface area contributed by atoms with E-state index in [2.05, 4.69) is 4.72 Å². The van der Waals surface area contributed by atoms with Crippen molar-refractivity contribution in [3.63, 3.8) is 0 Å². The molecule has 0 bridgehead atoms. The molecule has 0 spiro atoms. The van der Waals surface area contributed by atoms with Crippen molar-refractivity contribution in [1.29, 1.82) is 5.26 Å². The van der Waals surface area contributed by atoms with Crippen molar-refractivity contribution in [3.05, 3.63) is 29.8 Å². The fourth-order valence-corrected chi connectivity index (χ4v) is 2.21. The fourth-order valence-electron chi connectivity index (χ4n) is 1.20. The molecule has 7 nitrogen and oxygen atoms in total. The second-order valence-electron chi connectivity index (χ2n) is 3.48. The Morgan fingerprint density at radius 1 is 1.37 bits per heavy atom. The van der Waals surface area contributed by atoms with Gasteiger partial charge in [-0.3, -0.25) is 0 Å². The predicted molar refractivity (Wildman–Crippen MR) is 64.8 cm³/mol. The first-order valence-electron chi connectivity index (χ1n) is 5.25. The lowest BCUT2D eigenvalue weighted by Crippen LogP contribution is -2.28. The quantitative estimate of drug-likeness (QED) is 0.677. The molecule has 0 aliphatic carbocycles. The zero-order chi connectivity index (χ0) is 14.3. The highest BCUT2D eigenvalue weighted by Crippen LogP contribution is 2.09. The van der Waals surface area contributed by atoms with Crippen molar-refractivity contribution in [2.75, 3.05) is 19.8 Å². The van der Waals surface area contributed by atoms with Crippen molar-refractivity contribution in [2.24, 2.45) is 0 Å². The Labute approximate surface area is 110 Å². The lowest BCUT2D eigenvalue weighted by molar-refractivity contribution is -0.142. The molecular formula is C11H12N2O5S. The summed E-state index contributed by atoms with van der Waals surface area (Å²) in [6.45, 7) is -0.546. The highest BCUT2D eigenvalue weighted by atomic mass is 32.2. The molecule has 102 valence electrons. The Kier molecular flexibility index (Phi) is 5.44. The van der Waals surface area contributed by atoms with Gasteiger partial charge in [-0.15, -0.1) is 0 Å². The van der Waals surface area contributed by atoms with Gasteiger partial charge < -0.3 is 9.84 Å². The number of carboxylic acid groups (broad SMARTS) is 1. The molecule has 0 fully saturated rings. The summed E-state index contributed by atoms with van der Waals surface area (Å²) >= 11 is 0. The zero-order valence-electron chi connectivity index (χ0n) is 9.87. The van der Waals surface area contributed by atoms with Crippen LogP contribution in [0.5, 0.6) is 0 Å². The monoisotopic (exact) mass is 284 g/mol. The molecule has 0 unspecified atom stereocenters. The molecule has 1 aromatic rings. The minimum absolute atomic E-state index is 0.0321. The van der Waals surface area contributed by atoms with Crippen LogP contribution in [0.25, 0.3) is 0 Å². The molecule has 0 heterocycles. The number of rotatable bonds is 7. The number of benzene rings is 1. The summed E-state index contributed by atoms with van der Waals surface area (Å²) in [5, 5.41) is 16.9. The van der Waals surface area contributed by atoms with E-state index in [4.69, 9.17) is 15.1 Å². The average molecular weight is 284 g/mol. The zero-order valence-corrected chi connectivity index (χ0v) is 10.7. The molecule has 0 aliphatic heterocycles. The summed E-state index contributed by atoms with van der Waals surface area (Å²) in [5.74, 6) is -1.12. The van der Waals surface area contributed by atoms with E-state index in [1.807, 2.05) is 6.07 Å². The van der Waals surface area contributed by atoms with Crippen LogP contribution in [0.2, 0.25) is 0 Å². The number of aliphatic carboxylic acids is 1.